The molecule has 10 aromatic rings. The Hall–Kier alpha value is -6.97. The Morgan fingerprint density at radius 3 is 1.38 bits per heavy atom. The third-order valence-corrected chi connectivity index (χ3v) is 10.0. The molecule has 3 heteroatoms. The third kappa shape index (κ3) is 5.28. The van der Waals surface area contributed by atoms with E-state index in [2.05, 4.69) is 164 Å². The molecule has 0 unspecified atom stereocenters. The first-order valence-corrected chi connectivity index (χ1v) is 17.6. The largest absolute Gasteiger partial charge is 0.248 e. The molecule has 0 N–H and O–H groups in total. The molecule has 0 atom stereocenters. The summed E-state index contributed by atoms with van der Waals surface area (Å²) in [6.07, 6.45) is 0. The molecule has 52 heavy (non-hydrogen) atoms. The molecule has 0 aliphatic carbocycles. The van der Waals surface area contributed by atoms with Gasteiger partial charge in [-0.1, -0.05) is 158 Å². The lowest BCUT2D eigenvalue weighted by molar-refractivity contribution is 1.36. The fraction of sp³-hybridized carbons (Fsp3) is 0. The summed E-state index contributed by atoms with van der Waals surface area (Å²) in [4.78, 5) is 15.4. The van der Waals surface area contributed by atoms with Crippen LogP contribution in [0, 0.1) is 0 Å². The minimum atomic E-state index is 0.916. The van der Waals surface area contributed by atoms with Crippen molar-refractivity contribution >= 4 is 43.5 Å². The Morgan fingerprint density at radius 2 is 0.769 bits per heavy atom. The van der Waals surface area contributed by atoms with Gasteiger partial charge in [0.25, 0.3) is 0 Å². The smallest absolute Gasteiger partial charge is 0.0972 e. The summed E-state index contributed by atoms with van der Waals surface area (Å²) in [5.74, 6) is 0. The van der Waals surface area contributed by atoms with Crippen molar-refractivity contribution in [3.05, 3.63) is 188 Å². The maximum absolute atomic E-state index is 5.17. The molecular weight excluding hydrogens is 631 g/mol. The predicted molar refractivity (Wildman–Crippen MR) is 217 cm³/mol. The van der Waals surface area contributed by atoms with Crippen molar-refractivity contribution in [2.45, 2.75) is 0 Å². The number of hydrogen-bond donors (Lipinski definition) is 0. The summed E-state index contributed by atoms with van der Waals surface area (Å²) >= 11 is 0. The zero-order valence-corrected chi connectivity index (χ0v) is 28.2. The van der Waals surface area contributed by atoms with Crippen LogP contribution in [0.25, 0.3) is 99.5 Å². The van der Waals surface area contributed by atoms with E-state index in [0.717, 1.165) is 66.7 Å². The van der Waals surface area contributed by atoms with Crippen molar-refractivity contribution in [3.63, 3.8) is 0 Å². The average Bonchev–Trinajstić information content (AvgIpc) is 3.23. The molecule has 0 saturated heterocycles. The van der Waals surface area contributed by atoms with Gasteiger partial charge in [-0.2, -0.15) is 0 Å². The molecule has 0 saturated carbocycles. The monoisotopic (exact) mass is 661 g/mol. The van der Waals surface area contributed by atoms with Crippen LogP contribution in [-0.2, 0) is 0 Å². The van der Waals surface area contributed by atoms with E-state index in [9.17, 15) is 0 Å². The van der Waals surface area contributed by atoms with E-state index < -0.39 is 0 Å². The molecule has 3 aromatic heterocycles. The van der Waals surface area contributed by atoms with Crippen LogP contribution in [0.3, 0.4) is 0 Å². The molecule has 0 fully saturated rings. The lowest BCUT2D eigenvalue weighted by Gasteiger charge is -2.14. The normalized spacial score (nSPS) is 11.5. The molecule has 0 aliphatic heterocycles. The van der Waals surface area contributed by atoms with Gasteiger partial charge < -0.3 is 0 Å². The molecule has 3 nitrogen and oxygen atoms in total. The second kappa shape index (κ2) is 12.4. The highest BCUT2D eigenvalue weighted by Gasteiger charge is 2.14. The van der Waals surface area contributed by atoms with E-state index in [0.29, 0.717) is 0 Å². The molecule has 0 spiro atoms. The minimum absolute atomic E-state index is 0.916. The molecule has 0 amide bonds. The highest BCUT2D eigenvalue weighted by Crippen LogP contribution is 2.38. The Balaban J connectivity index is 1.03. The van der Waals surface area contributed by atoms with Gasteiger partial charge in [0, 0.05) is 32.8 Å². The summed E-state index contributed by atoms with van der Waals surface area (Å²) in [6.45, 7) is 0. The van der Waals surface area contributed by atoms with E-state index in [1.54, 1.807) is 0 Å². The van der Waals surface area contributed by atoms with E-state index in [1.165, 1.54) is 32.8 Å². The van der Waals surface area contributed by atoms with Crippen molar-refractivity contribution in [1.82, 2.24) is 15.0 Å². The number of fused-ring (bicyclic) bond motifs is 6. The van der Waals surface area contributed by atoms with Crippen molar-refractivity contribution < 1.29 is 0 Å². The van der Waals surface area contributed by atoms with Crippen LogP contribution in [0.1, 0.15) is 0 Å². The van der Waals surface area contributed by atoms with Gasteiger partial charge in [0.1, 0.15) is 0 Å². The molecular formula is C49H31N3. The molecule has 0 bridgehead atoms. The summed E-state index contributed by atoms with van der Waals surface area (Å²) in [5, 5.41) is 5.72. The zero-order chi connectivity index (χ0) is 34.4. The summed E-state index contributed by atoms with van der Waals surface area (Å²) in [6, 6.07) is 66.2. The van der Waals surface area contributed by atoms with Gasteiger partial charge in [-0.05, 0) is 63.4 Å². The van der Waals surface area contributed by atoms with Crippen LogP contribution in [0.15, 0.2) is 188 Å². The zero-order valence-electron chi connectivity index (χ0n) is 28.2. The van der Waals surface area contributed by atoms with E-state index in [1.807, 2.05) is 24.3 Å². The van der Waals surface area contributed by atoms with Crippen molar-refractivity contribution in [3.8, 4) is 56.0 Å². The van der Waals surface area contributed by atoms with Crippen LogP contribution >= 0.6 is 0 Å². The number of aromatic nitrogens is 3. The number of rotatable bonds is 5. The first-order valence-electron chi connectivity index (χ1n) is 17.6. The highest BCUT2D eigenvalue weighted by atomic mass is 14.8. The lowest BCUT2D eigenvalue weighted by atomic mass is 9.93. The topological polar surface area (TPSA) is 38.7 Å². The van der Waals surface area contributed by atoms with Crippen molar-refractivity contribution in [1.29, 1.82) is 0 Å². The molecule has 0 aliphatic rings. The molecule has 0 radical (unpaired) electrons. The lowest BCUT2D eigenvalue weighted by Crippen LogP contribution is -1.92. The van der Waals surface area contributed by atoms with Gasteiger partial charge >= 0.3 is 0 Å². The predicted octanol–water partition coefficient (Wildman–Crippen LogP) is 12.8. The third-order valence-electron chi connectivity index (χ3n) is 10.0. The maximum atomic E-state index is 5.17. The van der Waals surface area contributed by atoms with Crippen molar-refractivity contribution in [2.75, 3.05) is 0 Å². The van der Waals surface area contributed by atoms with Gasteiger partial charge in [0.2, 0.25) is 0 Å². The fourth-order valence-electron chi connectivity index (χ4n) is 7.38. The average molecular weight is 662 g/mol. The first-order chi connectivity index (χ1) is 25.7. The fourth-order valence-corrected chi connectivity index (χ4v) is 7.38. The quantitative estimate of drug-likeness (QED) is 0.172. The van der Waals surface area contributed by atoms with Crippen LogP contribution in [0.4, 0.5) is 0 Å². The molecule has 10 rings (SSSR count). The molecule has 242 valence electrons. The Kier molecular flexibility index (Phi) is 7.14. The van der Waals surface area contributed by atoms with E-state index in [-0.39, 0.29) is 0 Å². The maximum Gasteiger partial charge on any atom is 0.0972 e. The van der Waals surface area contributed by atoms with Gasteiger partial charge in [-0.3, -0.25) is 0 Å². The SMILES string of the molecule is c1ccc(-c2cc(-c3ccccc3)c3c(ccc4cc(-c5ccc(-c6ccc7ccc8ccc(-c9ccccc9)nc8c7n6)cc5)ccc43)n2)cc1. The second-order valence-electron chi connectivity index (χ2n) is 13.2. The highest BCUT2D eigenvalue weighted by molar-refractivity contribution is 6.14. The molecule has 3 heterocycles. The standard InChI is InChI=1S/C49H31N3/c1-4-10-33(11-5-1)42-31-46(35-14-8-3-9-15-35)50-45-29-25-40-30-39(22-26-41(40)47(42)45)32-16-18-36(19-17-32)44-28-24-38-21-20-37-23-27-43(34-12-6-2-7-13-34)51-48(37)49(38)52-44/h1-31H. The number of nitrogens with zero attached hydrogens (tertiary/aromatic N) is 3. The van der Waals surface area contributed by atoms with Crippen molar-refractivity contribution in [2.24, 2.45) is 0 Å². The Morgan fingerprint density at radius 1 is 0.288 bits per heavy atom. The van der Waals surface area contributed by atoms with E-state index in [4.69, 9.17) is 15.0 Å². The summed E-state index contributed by atoms with van der Waals surface area (Å²) in [7, 11) is 0. The molecule has 7 aromatic carbocycles. The van der Waals surface area contributed by atoms with Crippen LogP contribution in [0.5, 0.6) is 0 Å². The van der Waals surface area contributed by atoms with Gasteiger partial charge in [-0.25, -0.2) is 15.0 Å². The van der Waals surface area contributed by atoms with Crippen LogP contribution in [0.2, 0.25) is 0 Å². The van der Waals surface area contributed by atoms with Crippen LogP contribution in [-0.4, -0.2) is 15.0 Å². The van der Waals surface area contributed by atoms with Gasteiger partial charge in [0.05, 0.1) is 33.6 Å². The number of pyridine rings is 3. The first kappa shape index (κ1) is 29.9. The Bertz CT molecular complexity index is 2920. The van der Waals surface area contributed by atoms with Crippen LogP contribution < -0.4 is 0 Å². The van der Waals surface area contributed by atoms with Gasteiger partial charge in [0.15, 0.2) is 0 Å². The summed E-state index contributed by atoms with van der Waals surface area (Å²) in [5.41, 5.74) is 13.7. The second-order valence-corrected chi connectivity index (χ2v) is 13.2. The van der Waals surface area contributed by atoms with E-state index >= 15 is 0 Å². The number of hydrogen-bond acceptors (Lipinski definition) is 3. The number of benzene rings is 7. The Labute approximate surface area is 301 Å². The minimum Gasteiger partial charge on any atom is -0.248 e. The summed E-state index contributed by atoms with van der Waals surface area (Å²) < 4.78 is 0. The van der Waals surface area contributed by atoms with Gasteiger partial charge in [-0.15, -0.1) is 0 Å².